The van der Waals surface area contributed by atoms with E-state index in [0.717, 1.165) is 0 Å². The average Bonchev–Trinajstić information content (AvgIpc) is 2.35. The van der Waals surface area contributed by atoms with Crippen LogP contribution in [0, 0.1) is 17.2 Å². The maximum absolute atomic E-state index is 12.0. The Morgan fingerprint density at radius 2 is 2.00 bits per heavy atom. The Bertz CT molecular complexity index is 437. The summed E-state index contributed by atoms with van der Waals surface area (Å²) in [7, 11) is 0. The molecule has 1 rings (SSSR count). The van der Waals surface area contributed by atoms with Crippen LogP contribution in [-0.4, -0.2) is 12.4 Å². The van der Waals surface area contributed by atoms with Gasteiger partial charge in [0.15, 0.2) is 5.78 Å². The van der Waals surface area contributed by atoms with E-state index in [0.29, 0.717) is 12.0 Å². The molecule has 0 aromatic heterocycles. The number of Topliss-reactive ketones (excluding diaryl/α,β-unsaturated/α-hetero) is 1. The standard InChI is InChI=1S/C13H13F2NO2/c1-2-9(7-8-16)12(17)10-3-5-11(6-4-10)18-13(14)15/h3-6,9,13H,2,7H2,1H3. The number of nitriles is 1. The monoisotopic (exact) mass is 253 g/mol. The van der Waals surface area contributed by atoms with Crippen molar-refractivity contribution < 1.29 is 18.3 Å². The van der Waals surface area contributed by atoms with Crippen LogP contribution in [0.2, 0.25) is 0 Å². The van der Waals surface area contributed by atoms with Gasteiger partial charge in [-0.2, -0.15) is 14.0 Å². The Balaban J connectivity index is 2.78. The predicted octanol–water partition coefficient (Wildman–Crippen LogP) is 3.41. The van der Waals surface area contributed by atoms with E-state index >= 15 is 0 Å². The van der Waals surface area contributed by atoms with E-state index in [1.54, 1.807) is 0 Å². The van der Waals surface area contributed by atoms with Crippen LogP contribution in [0.1, 0.15) is 30.1 Å². The molecule has 0 aliphatic rings. The zero-order valence-corrected chi connectivity index (χ0v) is 9.90. The number of hydrogen-bond donors (Lipinski definition) is 0. The highest BCUT2D eigenvalue weighted by atomic mass is 19.3. The third-order valence-corrected chi connectivity index (χ3v) is 2.57. The summed E-state index contributed by atoms with van der Waals surface area (Å²) < 4.78 is 28.1. The van der Waals surface area contributed by atoms with Crippen molar-refractivity contribution in [3.8, 4) is 11.8 Å². The molecule has 0 N–H and O–H groups in total. The number of ketones is 1. The van der Waals surface area contributed by atoms with Gasteiger partial charge in [-0.1, -0.05) is 6.92 Å². The van der Waals surface area contributed by atoms with Gasteiger partial charge in [-0.25, -0.2) is 0 Å². The zero-order chi connectivity index (χ0) is 13.5. The first kappa shape index (κ1) is 14.1. The number of halogens is 2. The van der Waals surface area contributed by atoms with Crippen LogP contribution in [0.3, 0.4) is 0 Å². The molecule has 1 unspecified atom stereocenters. The Kier molecular flexibility index (Phi) is 5.25. The van der Waals surface area contributed by atoms with E-state index in [1.165, 1.54) is 24.3 Å². The maximum atomic E-state index is 12.0. The van der Waals surface area contributed by atoms with E-state index < -0.39 is 6.61 Å². The van der Waals surface area contributed by atoms with Gasteiger partial charge in [-0.05, 0) is 30.7 Å². The van der Waals surface area contributed by atoms with Crippen LogP contribution < -0.4 is 4.74 Å². The second kappa shape index (κ2) is 6.70. The fourth-order valence-electron chi connectivity index (χ4n) is 1.57. The molecule has 3 nitrogen and oxygen atoms in total. The highest BCUT2D eigenvalue weighted by molar-refractivity contribution is 5.98. The van der Waals surface area contributed by atoms with Gasteiger partial charge in [0.2, 0.25) is 0 Å². The van der Waals surface area contributed by atoms with E-state index in [1.807, 2.05) is 13.0 Å². The first-order chi connectivity index (χ1) is 8.58. The van der Waals surface area contributed by atoms with Crippen LogP contribution in [0.15, 0.2) is 24.3 Å². The highest BCUT2D eigenvalue weighted by Gasteiger charge is 2.18. The van der Waals surface area contributed by atoms with Crippen molar-refractivity contribution in [3.63, 3.8) is 0 Å². The van der Waals surface area contributed by atoms with Crippen molar-refractivity contribution in [3.05, 3.63) is 29.8 Å². The van der Waals surface area contributed by atoms with Crippen LogP contribution >= 0.6 is 0 Å². The van der Waals surface area contributed by atoms with Crippen molar-refractivity contribution >= 4 is 5.78 Å². The summed E-state index contributed by atoms with van der Waals surface area (Å²) in [5.74, 6) is -0.491. The lowest BCUT2D eigenvalue weighted by Gasteiger charge is -2.10. The molecule has 96 valence electrons. The highest BCUT2D eigenvalue weighted by Crippen LogP contribution is 2.19. The Morgan fingerprint density at radius 1 is 1.39 bits per heavy atom. The number of hydrogen-bond acceptors (Lipinski definition) is 3. The van der Waals surface area contributed by atoms with E-state index in [-0.39, 0.29) is 23.9 Å². The molecule has 18 heavy (non-hydrogen) atoms. The molecule has 0 amide bonds. The molecule has 0 fully saturated rings. The quantitative estimate of drug-likeness (QED) is 0.730. The second-order valence-electron chi connectivity index (χ2n) is 3.73. The molecule has 0 heterocycles. The second-order valence-corrected chi connectivity index (χ2v) is 3.73. The van der Waals surface area contributed by atoms with Crippen LogP contribution in [0.5, 0.6) is 5.75 Å². The van der Waals surface area contributed by atoms with Crippen molar-refractivity contribution in [2.75, 3.05) is 0 Å². The van der Waals surface area contributed by atoms with Crippen molar-refractivity contribution in [2.24, 2.45) is 5.92 Å². The molecule has 0 saturated carbocycles. The molecule has 0 bridgehead atoms. The minimum Gasteiger partial charge on any atom is -0.435 e. The third kappa shape index (κ3) is 3.81. The van der Waals surface area contributed by atoms with Crippen molar-refractivity contribution in [2.45, 2.75) is 26.4 Å². The van der Waals surface area contributed by atoms with Gasteiger partial charge in [-0.3, -0.25) is 4.79 Å². The summed E-state index contributed by atoms with van der Waals surface area (Å²) in [5.41, 5.74) is 0.402. The molecule has 0 saturated heterocycles. The number of carbonyl (C=O) groups is 1. The Labute approximate surface area is 104 Å². The summed E-state index contributed by atoms with van der Waals surface area (Å²) in [6.45, 7) is -1.05. The smallest absolute Gasteiger partial charge is 0.387 e. The molecular formula is C13H13F2NO2. The predicted molar refractivity (Wildman–Crippen MR) is 61.4 cm³/mol. The van der Waals surface area contributed by atoms with E-state index in [9.17, 15) is 13.6 Å². The summed E-state index contributed by atoms with van der Waals surface area (Å²) in [5, 5.41) is 8.60. The topological polar surface area (TPSA) is 50.1 Å². The largest absolute Gasteiger partial charge is 0.435 e. The van der Waals surface area contributed by atoms with Gasteiger partial charge in [0.1, 0.15) is 5.75 Å². The van der Waals surface area contributed by atoms with Gasteiger partial charge in [0.05, 0.1) is 6.07 Å². The first-order valence-corrected chi connectivity index (χ1v) is 5.54. The lowest BCUT2D eigenvalue weighted by Crippen LogP contribution is -2.13. The molecule has 0 radical (unpaired) electrons. The molecule has 1 aromatic rings. The van der Waals surface area contributed by atoms with Gasteiger partial charge in [0.25, 0.3) is 0 Å². The number of rotatable bonds is 6. The van der Waals surface area contributed by atoms with E-state index in [4.69, 9.17) is 5.26 Å². The Morgan fingerprint density at radius 3 is 2.44 bits per heavy atom. The van der Waals surface area contributed by atoms with E-state index in [2.05, 4.69) is 4.74 Å². The molecular weight excluding hydrogens is 240 g/mol. The lowest BCUT2D eigenvalue weighted by atomic mass is 9.93. The van der Waals surface area contributed by atoms with Gasteiger partial charge in [-0.15, -0.1) is 0 Å². The summed E-state index contributed by atoms with van der Waals surface area (Å²) in [6, 6.07) is 7.46. The minimum absolute atomic E-state index is 0.00915. The SMILES string of the molecule is CCC(CC#N)C(=O)c1ccc(OC(F)F)cc1. The summed E-state index contributed by atoms with van der Waals surface area (Å²) >= 11 is 0. The molecule has 1 atom stereocenters. The number of alkyl halides is 2. The van der Waals surface area contributed by atoms with Crippen LogP contribution in [0.4, 0.5) is 8.78 Å². The third-order valence-electron chi connectivity index (χ3n) is 2.57. The first-order valence-electron chi connectivity index (χ1n) is 5.54. The average molecular weight is 253 g/mol. The summed E-state index contributed by atoms with van der Waals surface area (Å²) in [4.78, 5) is 12.0. The normalized spacial score (nSPS) is 11.9. The molecule has 5 heteroatoms. The lowest BCUT2D eigenvalue weighted by molar-refractivity contribution is -0.0498. The Hall–Kier alpha value is -1.96. The van der Waals surface area contributed by atoms with Gasteiger partial charge < -0.3 is 4.74 Å². The van der Waals surface area contributed by atoms with Gasteiger partial charge in [0, 0.05) is 17.9 Å². The van der Waals surface area contributed by atoms with Crippen molar-refractivity contribution in [1.82, 2.24) is 0 Å². The molecule has 0 spiro atoms. The fraction of sp³-hybridized carbons (Fsp3) is 0.385. The number of benzene rings is 1. The minimum atomic E-state index is -2.88. The number of nitrogens with zero attached hydrogens (tertiary/aromatic N) is 1. The summed E-state index contributed by atoms with van der Waals surface area (Å²) in [6.07, 6.45) is 0.728. The molecule has 0 aliphatic carbocycles. The number of carbonyl (C=O) groups excluding carboxylic acids is 1. The fourth-order valence-corrected chi connectivity index (χ4v) is 1.57. The molecule has 0 aliphatic heterocycles. The van der Waals surface area contributed by atoms with Crippen LogP contribution in [-0.2, 0) is 0 Å². The van der Waals surface area contributed by atoms with Crippen molar-refractivity contribution in [1.29, 1.82) is 5.26 Å². The zero-order valence-electron chi connectivity index (χ0n) is 9.90. The van der Waals surface area contributed by atoms with Gasteiger partial charge >= 0.3 is 6.61 Å². The van der Waals surface area contributed by atoms with Crippen LogP contribution in [0.25, 0.3) is 0 Å². The maximum Gasteiger partial charge on any atom is 0.387 e. The molecule has 1 aromatic carbocycles. The number of ether oxygens (including phenoxy) is 1.